The Morgan fingerprint density at radius 2 is 1.67 bits per heavy atom. The summed E-state index contributed by atoms with van der Waals surface area (Å²) in [5.41, 5.74) is 3.11. The smallest absolute Gasteiger partial charge is 0.121 e. The molecule has 3 nitrogen and oxygen atoms in total. The number of halogens is 1. The van der Waals surface area contributed by atoms with Crippen molar-refractivity contribution in [3.63, 3.8) is 0 Å². The summed E-state index contributed by atoms with van der Waals surface area (Å²) in [5, 5.41) is 4.16. The molecular formula is C20H26ClNO2. The van der Waals surface area contributed by atoms with Crippen LogP contribution in [0.15, 0.2) is 36.4 Å². The van der Waals surface area contributed by atoms with E-state index >= 15 is 0 Å². The van der Waals surface area contributed by atoms with Crippen molar-refractivity contribution in [2.75, 3.05) is 25.1 Å². The molecule has 0 atom stereocenters. The van der Waals surface area contributed by atoms with Crippen molar-refractivity contribution < 1.29 is 9.47 Å². The van der Waals surface area contributed by atoms with Crippen LogP contribution in [0.2, 0.25) is 5.02 Å². The minimum atomic E-state index is 0.585. The van der Waals surface area contributed by atoms with E-state index in [0.717, 1.165) is 59.3 Å². The van der Waals surface area contributed by atoms with Gasteiger partial charge in [-0.2, -0.15) is 0 Å². The van der Waals surface area contributed by atoms with Crippen molar-refractivity contribution in [2.24, 2.45) is 0 Å². The Morgan fingerprint density at radius 1 is 0.958 bits per heavy atom. The van der Waals surface area contributed by atoms with Gasteiger partial charge in [-0.25, -0.2) is 0 Å². The van der Waals surface area contributed by atoms with Crippen LogP contribution in [0.4, 0.5) is 5.69 Å². The molecule has 130 valence electrons. The standard InChI is InChI=1S/C20H26ClNO2/c1-4-5-10-23-18-8-6-7-17(14-18)22-9-11-24-19-12-15(2)20(21)16(3)13-19/h6-8,12-14,22H,4-5,9-11H2,1-3H3. The molecule has 0 aliphatic rings. The maximum atomic E-state index is 6.17. The normalized spacial score (nSPS) is 10.5. The van der Waals surface area contributed by atoms with Gasteiger partial charge in [0.05, 0.1) is 6.61 Å². The number of aryl methyl sites for hydroxylation is 2. The van der Waals surface area contributed by atoms with E-state index in [4.69, 9.17) is 21.1 Å². The summed E-state index contributed by atoms with van der Waals surface area (Å²) in [4.78, 5) is 0. The molecule has 2 aromatic carbocycles. The number of rotatable bonds is 9. The Hall–Kier alpha value is -1.87. The second-order valence-electron chi connectivity index (χ2n) is 5.88. The molecule has 0 heterocycles. The van der Waals surface area contributed by atoms with E-state index in [2.05, 4.69) is 12.2 Å². The van der Waals surface area contributed by atoms with Gasteiger partial charge in [0.15, 0.2) is 0 Å². The lowest BCUT2D eigenvalue weighted by atomic mass is 10.1. The minimum Gasteiger partial charge on any atom is -0.494 e. The molecule has 0 aliphatic heterocycles. The topological polar surface area (TPSA) is 30.5 Å². The van der Waals surface area contributed by atoms with E-state index < -0.39 is 0 Å². The van der Waals surface area contributed by atoms with Crippen molar-refractivity contribution in [1.29, 1.82) is 0 Å². The number of anilines is 1. The average molecular weight is 348 g/mol. The van der Waals surface area contributed by atoms with Crippen LogP contribution in [0.5, 0.6) is 11.5 Å². The summed E-state index contributed by atoms with van der Waals surface area (Å²) >= 11 is 6.17. The van der Waals surface area contributed by atoms with Crippen LogP contribution < -0.4 is 14.8 Å². The molecule has 4 heteroatoms. The first-order chi connectivity index (χ1) is 11.6. The SMILES string of the molecule is CCCCOc1cccc(NCCOc2cc(C)c(Cl)c(C)c2)c1. The van der Waals surface area contributed by atoms with Gasteiger partial charge in [0, 0.05) is 23.3 Å². The predicted octanol–water partition coefficient (Wildman–Crippen LogP) is 5.63. The highest BCUT2D eigenvalue weighted by molar-refractivity contribution is 6.32. The van der Waals surface area contributed by atoms with E-state index in [-0.39, 0.29) is 0 Å². The highest BCUT2D eigenvalue weighted by Crippen LogP contribution is 2.25. The molecule has 0 fully saturated rings. The van der Waals surface area contributed by atoms with Gasteiger partial charge in [0.2, 0.25) is 0 Å². The number of hydrogen-bond acceptors (Lipinski definition) is 3. The van der Waals surface area contributed by atoms with Gasteiger partial charge in [-0.15, -0.1) is 0 Å². The second kappa shape index (κ2) is 9.43. The Bertz CT molecular complexity index is 635. The van der Waals surface area contributed by atoms with Crippen molar-refractivity contribution in [2.45, 2.75) is 33.6 Å². The second-order valence-corrected chi connectivity index (χ2v) is 6.25. The van der Waals surface area contributed by atoms with E-state index in [1.807, 2.05) is 50.2 Å². The van der Waals surface area contributed by atoms with Crippen molar-refractivity contribution in [1.82, 2.24) is 0 Å². The van der Waals surface area contributed by atoms with Crippen LogP contribution in [-0.4, -0.2) is 19.8 Å². The molecule has 0 radical (unpaired) electrons. The lowest BCUT2D eigenvalue weighted by Gasteiger charge is -2.12. The van der Waals surface area contributed by atoms with Gasteiger partial charge >= 0.3 is 0 Å². The quantitative estimate of drug-likeness (QED) is 0.596. The minimum absolute atomic E-state index is 0.585. The molecule has 0 spiro atoms. The fourth-order valence-corrected chi connectivity index (χ4v) is 2.49. The van der Waals surface area contributed by atoms with Crippen LogP contribution in [0.1, 0.15) is 30.9 Å². The van der Waals surface area contributed by atoms with E-state index in [1.54, 1.807) is 0 Å². The van der Waals surface area contributed by atoms with Gasteiger partial charge < -0.3 is 14.8 Å². The first-order valence-electron chi connectivity index (χ1n) is 8.46. The van der Waals surface area contributed by atoms with Gasteiger partial charge in [-0.05, 0) is 55.7 Å². The van der Waals surface area contributed by atoms with Gasteiger partial charge in [0.25, 0.3) is 0 Å². The zero-order valence-corrected chi connectivity index (χ0v) is 15.5. The summed E-state index contributed by atoms with van der Waals surface area (Å²) in [6.45, 7) is 8.21. The number of benzene rings is 2. The largest absolute Gasteiger partial charge is 0.494 e. The molecule has 2 aromatic rings. The van der Waals surface area contributed by atoms with Crippen molar-refractivity contribution in [3.8, 4) is 11.5 Å². The summed E-state index contributed by atoms with van der Waals surface area (Å²) < 4.78 is 11.5. The Morgan fingerprint density at radius 3 is 2.38 bits per heavy atom. The molecule has 24 heavy (non-hydrogen) atoms. The van der Waals surface area contributed by atoms with E-state index in [1.165, 1.54) is 0 Å². The highest BCUT2D eigenvalue weighted by atomic mass is 35.5. The lowest BCUT2D eigenvalue weighted by molar-refractivity contribution is 0.309. The fourth-order valence-electron chi connectivity index (χ4n) is 2.38. The summed E-state index contributed by atoms with van der Waals surface area (Å²) in [6.07, 6.45) is 2.21. The van der Waals surface area contributed by atoms with Crippen LogP contribution in [0, 0.1) is 13.8 Å². The number of nitrogens with one attached hydrogen (secondary N) is 1. The van der Waals surface area contributed by atoms with E-state index in [9.17, 15) is 0 Å². The highest BCUT2D eigenvalue weighted by Gasteiger charge is 2.03. The predicted molar refractivity (Wildman–Crippen MR) is 102 cm³/mol. The molecule has 0 saturated heterocycles. The van der Waals surface area contributed by atoms with Crippen molar-refractivity contribution >= 4 is 17.3 Å². The third-order valence-corrected chi connectivity index (χ3v) is 4.31. The summed E-state index contributed by atoms with van der Waals surface area (Å²) in [5.74, 6) is 1.76. The maximum Gasteiger partial charge on any atom is 0.121 e. The van der Waals surface area contributed by atoms with Crippen LogP contribution in [0.3, 0.4) is 0 Å². The zero-order valence-electron chi connectivity index (χ0n) is 14.7. The molecule has 0 aromatic heterocycles. The molecule has 0 amide bonds. The zero-order chi connectivity index (χ0) is 17.4. The van der Waals surface area contributed by atoms with Gasteiger partial charge in [-0.3, -0.25) is 0 Å². The average Bonchev–Trinajstić information content (AvgIpc) is 2.57. The molecule has 0 aliphatic carbocycles. The number of unbranched alkanes of at least 4 members (excludes halogenated alkanes) is 1. The first kappa shape index (κ1) is 18.5. The monoisotopic (exact) mass is 347 g/mol. The summed E-state index contributed by atoms with van der Waals surface area (Å²) in [7, 11) is 0. The molecule has 0 bridgehead atoms. The van der Waals surface area contributed by atoms with Crippen LogP contribution >= 0.6 is 11.6 Å². The maximum absolute atomic E-state index is 6.17. The summed E-state index contributed by atoms with van der Waals surface area (Å²) in [6, 6.07) is 12.0. The first-order valence-corrected chi connectivity index (χ1v) is 8.84. The third kappa shape index (κ3) is 5.64. The lowest BCUT2D eigenvalue weighted by Crippen LogP contribution is -2.11. The molecular weight excluding hydrogens is 322 g/mol. The molecule has 0 unspecified atom stereocenters. The third-order valence-electron chi connectivity index (χ3n) is 3.71. The Labute approximate surface area is 149 Å². The van der Waals surface area contributed by atoms with Crippen LogP contribution in [-0.2, 0) is 0 Å². The molecule has 2 rings (SSSR count). The Kier molecular flexibility index (Phi) is 7.26. The van der Waals surface area contributed by atoms with Gasteiger partial charge in [0.1, 0.15) is 18.1 Å². The number of ether oxygens (including phenoxy) is 2. The van der Waals surface area contributed by atoms with Crippen molar-refractivity contribution in [3.05, 3.63) is 52.5 Å². The fraction of sp³-hybridized carbons (Fsp3) is 0.400. The Balaban J connectivity index is 1.79. The molecule has 0 saturated carbocycles. The molecule has 1 N–H and O–H groups in total. The van der Waals surface area contributed by atoms with E-state index in [0.29, 0.717) is 6.61 Å². The number of hydrogen-bond donors (Lipinski definition) is 1. The van der Waals surface area contributed by atoms with Crippen LogP contribution in [0.25, 0.3) is 0 Å². The van der Waals surface area contributed by atoms with Gasteiger partial charge in [-0.1, -0.05) is 31.0 Å².